The molecule has 2 aromatic rings. The van der Waals surface area contributed by atoms with Crippen molar-refractivity contribution in [1.29, 1.82) is 0 Å². The number of aliphatic imine (C=N–C) groups is 1. The fourth-order valence-corrected chi connectivity index (χ4v) is 5.72. The first kappa shape index (κ1) is 19.2. The van der Waals surface area contributed by atoms with E-state index in [9.17, 15) is 10.2 Å². The summed E-state index contributed by atoms with van der Waals surface area (Å²) in [7, 11) is 0. The van der Waals surface area contributed by atoms with E-state index in [1.807, 2.05) is 18.2 Å². The molecular weight excluding hydrogens is 392 g/mol. The summed E-state index contributed by atoms with van der Waals surface area (Å²) in [6, 6.07) is 7.50. The monoisotopic (exact) mass is 416 g/mol. The van der Waals surface area contributed by atoms with Crippen molar-refractivity contribution in [2.24, 2.45) is 4.99 Å². The molecule has 0 bridgehead atoms. The van der Waals surface area contributed by atoms with Crippen molar-refractivity contribution in [3.8, 4) is 17.2 Å². The van der Waals surface area contributed by atoms with Gasteiger partial charge in [-0.2, -0.15) is 0 Å². The first-order valence-corrected chi connectivity index (χ1v) is 11.1. The van der Waals surface area contributed by atoms with Crippen molar-refractivity contribution in [2.75, 3.05) is 5.75 Å². The van der Waals surface area contributed by atoms with Gasteiger partial charge in [0, 0.05) is 40.5 Å². The number of fused-ring (bicyclic) bond motifs is 1. The zero-order chi connectivity index (χ0) is 19.9. The second-order valence-electron chi connectivity index (χ2n) is 7.87. The summed E-state index contributed by atoms with van der Waals surface area (Å²) in [5, 5.41) is 27.0. The van der Waals surface area contributed by atoms with Gasteiger partial charge in [0.1, 0.15) is 0 Å². The van der Waals surface area contributed by atoms with Crippen LogP contribution in [-0.4, -0.2) is 32.4 Å². The van der Waals surface area contributed by atoms with E-state index < -0.39 is 5.72 Å². The number of hydrogen-bond acceptors (Lipinski definition) is 7. The van der Waals surface area contributed by atoms with E-state index in [1.165, 1.54) is 10.9 Å². The van der Waals surface area contributed by atoms with Gasteiger partial charge >= 0.3 is 0 Å². The Morgan fingerprint density at radius 1 is 1.39 bits per heavy atom. The van der Waals surface area contributed by atoms with E-state index in [0.29, 0.717) is 18.6 Å². The number of thiophene rings is 1. The predicted octanol–water partition coefficient (Wildman–Crippen LogP) is 4.82. The Hall–Kier alpha value is -2.12. The van der Waals surface area contributed by atoms with Crippen molar-refractivity contribution in [2.45, 2.75) is 43.9 Å². The van der Waals surface area contributed by atoms with Gasteiger partial charge in [-0.15, -0.1) is 17.9 Å². The van der Waals surface area contributed by atoms with Gasteiger partial charge in [0.05, 0.1) is 0 Å². The Balaban J connectivity index is 1.84. The average molecular weight is 417 g/mol. The van der Waals surface area contributed by atoms with Gasteiger partial charge in [0.25, 0.3) is 0 Å². The molecule has 0 saturated heterocycles. The molecule has 2 atom stereocenters. The topological polar surface area (TPSA) is 74.1 Å². The summed E-state index contributed by atoms with van der Waals surface area (Å²) in [6.07, 6.45) is 3.17. The van der Waals surface area contributed by atoms with Gasteiger partial charge < -0.3 is 20.3 Å². The number of benzene rings is 1. The van der Waals surface area contributed by atoms with E-state index in [4.69, 9.17) is 9.73 Å². The lowest BCUT2D eigenvalue weighted by atomic mass is 9.80. The van der Waals surface area contributed by atoms with Crippen molar-refractivity contribution < 1.29 is 14.9 Å². The summed E-state index contributed by atoms with van der Waals surface area (Å²) >= 11 is 3.27. The second-order valence-corrected chi connectivity index (χ2v) is 9.86. The van der Waals surface area contributed by atoms with Crippen molar-refractivity contribution in [3.63, 3.8) is 0 Å². The Bertz CT molecular complexity index is 924. The number of hydrogen-bond donors (Lipinski definition) is 3. The van der Waals surface area contributed by atoms with E-state index in [2.05, 4.69) is 37.2 Å². The summed E-state index contributed by atoms with van der Waals surface area (Å²) in [5.41, 5.74) is -0.157. The van der Waals surface area contributed by atoms with Gasteiger partial charge in [-0.25, -0.2) is 4.99 Å². The third kappa shape index (κ3) is 3.49. The molecule has 2 aliphatic rings. The number of nitrogens with one attached hydrogen (secondary N) is 1. The third-order valence-electron chi connectivity index (χ3n) is 5.02. The van der Waals surface area contributed by atoms with E-state index in [1.54, 1.807) is 23.1 Å². The van der Waals surface area contributed by atoms with Crippen molar-refractivity contribution in [1.82, 2.24) is 5.32 Å². The molecule has 148 valence electrons. The second kappa shape index (κ2) is 7.04. The van der Waals surface area contributed by atoms with E-state index in [0.717, 1.165) is 16.5 Å². The molecule has 1 aromatic heterocycles. The molecule has 28 heavy (non-hydrogen) atoms. The lowest BCUT2D eigenvalue weighted by Gasteiger charge is -2.47. The molecule has 1 aromatic carbocycles. The van der Waals surface area contributed by atoms with Crippen LogP contribution in [0.15, 0.2) is 47.3 Å². The lowest BCUT2D eigenvalue weighted by Crippen LogP contribution is -2.57. The van der Waals surface area contributed by atoms with Gasteiger partial charge in [0.15, 0.2) is 16.7 Å². The molecular formula is C21H24N2O3S2. The van der Waals surface area contributed by atoms with Crippen LogP contribution in [-0.2, 0) is 0 Å². The molecule has 1 spiro atoms. The molecule has 0 saturated carbocycles. The smallest absolute Gasteiger partial charge is 0.206 e. The number of nitrogens with zero attached hydrogens (tertiary/aromatic N) is 1. The fraction of sp³-hybridized carbons (Fsp3) is 0.381. The average Bonchev–Trinajstić information content (AvgIpc) is 3.16. The standard InChI is InChI=1S/C21H24N2O3S2/c1-4-9-28-19-22-20(2,3)12-21(23-19)11-14(16-6-5-10-27-16)13-7-8-15(24)17(25)18(13)26-21/h4-8,10,14,24-25H,1,9,11-12H2,2-3H3,(H,22,23)/t14-,21-/m0/s1. The van der Waals surface area contributed by atoms with Crippen LogP contribution in [0.4, 0.5) is 0 Å². The molecule has 0 unspecified atom stereocenters. The van der Waals surface area contributed by atoms with E-state index >= 15 is 0 Å². The highest BCUT2D eigenvalue weighted by molar-refractivity contribution is 8.13. The van der Waals surface area contributed by atoms with Crippen molar-refractivity contribution >= 4 is 28.3 Å². The number of thioether (sulfide) groups is 1. The van der Waals surface area contributed by atoms with Crippen LogP contribution in [0.1, 0.15) is 43.0 Å². The molecule has 0 aliphatic carbocycles. The largest absolute Gasteiger partial charge is 0.504 e. The van der Waals surface area contributed by atoms with E-state index in [-0.39, 0.29) is 23.0 Å². The molecule has 5 nitrogen and oxygen atoms in total. The third-order valence-corrected chi connectivity index (χ3v) is 6.88. The maximum Gasteiger partial charge on any atom is 0.206 e. The van der Waals surface area contributed by atoms with Gasteiger partial charge in [-0.05, 0) is 31.4 Å². The Morgan fingerprint density at radius 3 is 2.93 bits per heavy atom. The highest BCUT2D eigenvalue weighted by Crippen LogP contribution is 2.54. The van der Waals surface area contributed by atoms with Crippen LogP contribution in [0, 0.1) is 0 Å². The Morgan fingerprint density at radius 2 is 2.21 bits per heavy atom. The summed E-state index contributed by atoms with van der Waals surface area (Å²) in [4.78, 5) is 6.14. The van der Waals surface area contributed by atoms with Crippen LogP contribution in [0.5, 0.6) is 17.2 Å². The number of ether oxygens (including phenoxy) is 1. The molecule has 4 rings (SSSR count). The van der Waals surface area contributed by atoms with Crippen LogP contribution < -0.4 is 10.1 Å². The highest BCUT2D eigenvalue weighted by Gasteiger charge is 2.49. The SMILES string of the molecule is C=CCSC1=N[C@]2(C[C@H](c3cccs3)c3ccc(O)c(O)c3O2)CC(C)(C)N1. The van der Waals surface area contributed by atoms with Crippen LogP contribution in [0.25, 0.3) is 0 Å². The first-order chi connectivity index (χ1) is 13.3. The molecule has 7 heteroatoms. The number of phenols is 2. The Labute approximate surface area is 173 Å². The van der Waals surface area contributed by atoms with Crippen LogP contribution in [0.3, 0.4) is 0 Å². The maximum absolute atomic E-state index is 10.6. The molecule has 0 fully saturated rings. The predicted molar refractivity (Wildman–Crippen MR) is 116 cm³/mol. The summed E-state index contributed by atoms with van der Waals surface area (Å²) in [6.45, 7) is 8.04. The number of phenolic OH excluding ortho intramolecular Hbond substituents is 2. The van der Waals surface area contributed by atoms with Crippen LogP contribution in [0.2, 0.25) is 0 Å². The number of aromatic hydroxyl groups is 2. The molecule has 3 N–H and O–H groups in total. The van der Waals surface area contributed by atoms with Crippen LogP contribution >= 0.6 is 23.1 Å². The lowest BCUT2D eigenvalue weighted by molar-refractivity contribution is 0.0111. The molecule has 3 heterocycles. The number of amidine groups is 1. The Kier molecular flexibility index (Phi) is 4.83. The van der Waals surface area contributed by atoms with Crippen molar-refractivity contribution in [3.05, 3.63) is 52.7 Å². The quantitative estimate of drug-likeness (QED) is 0.494. The fourth-order valence-electron chi connectivity index (χ4n) is 4.02. The molecule has 0 amide bonds. The minimum atomic E-state index is -0.814. The van der Waals surface area contributed by atoms with Gasteiger partial charge in [0.2, 0.25) is 11.5 Å². The minimum Gasteiger partial charge on any atom is -0.504 e. The van der Waals surface area contributed by atoms with Gasteiger partial charge in [-0.1, -0.05) is 30.0 Å². The summed E-state index contributed by atoms with van der Waals surface area (Å²) < 4.78 is 6.37. The zero-order valence-electron chi connectivity index (χ0n) is 15.9. The number of rotatable bonds is 3. The zero-order valence-corrected chi connectivity index (χ0v) is 17.6. The van der Waals surface area contributed by atoms with Gasteiger partial charge in [-0.3, -0.25) is 0 Å². The molecule has 0 radical (unpaired) electrons. The maximum atomic E-state index is 10.6. The first-order valence-electron chi connectivity index (χ1n) is 9.21. The molecule has 2 aliphatic heterocycles. The highest BCUT2D eigenvalue weighted by atomic mass is 32.2. The summed E-state index contributed by atoms with van der Waals surface area (Å²) in [5.74, 6) is 0.719. The minimum absolute atomic E-state index is 0.0403. The normalized spacial score (nSPS) is 25.4.